The molecule has 0 bridgehead atoms. The summed E-state index contributed by atoms with van der Waals surface area (Å²) in [6.45, 7) is -1.24. The Morgan fingerprint density at radius 2 is 1.19 bits per heavy atom. The quantitative estimate of drug-likeness (QED) is 0.192. The molecule has 5 atom stereocenters. The maximum Gasteiger partial charge on any atom is 0.270 e. The number of carbonyl (C=O) groups is 4. The Bertz CT molecular complexity index is 1680. The zero-order valence-corrected chi connectivity index (χ0v) is 24.4. The standard InChI is InChI=1S/C30H27F7N6O4/c1-12-21(32)25(36)15(26(37)22(12)33)11-41-30(47)20-7-3-6-19(43-20)29(46)40-10-14-16(31)8-13(23(34)24(14)35)9-39-28(45)18-5-2-4-17(42-18)27(38)44/h2-7,13-14,16,23-24H,8-11H2,1H3,(H2,38,44)(H,39,45)(H,40,46)(H,41,47)/t13?,14-,16-,23+,24-/m1/s1. The Labute approximate surface area is 262 Å². The number of alkyl halides is 3. The molecule has 5 N–H and O–H groups in total. The van der Waals surface area contributed by atoms with E-state index in [9.17, 15) is 49.9 Å². The van der Waals surface area contributed by atoms with Gasteiger partial charge in [0.15, 0.2) is 23.3 Å². The van der Waals surface area contributed by atoms with Crippen LogP contribution in [0.2, 0.25) is 0 Å². The maximum absolute atomic E-state index is 15.0. The van der Waals surface area contributed by atoms with Crippen LogP contribution in [0.1, 0.15) is 59.5 Å². The van der Waals surface area contributed by atoms with Gasteiger partial charge in [0.2, 0.25) is 0 Å². The van der Waals surface area contributed by atoms with E-state index in [0.29, 0.717) is 0 Å². The van der Waals surface area contributed by atoms with Crippen LogP contribution in [0.15, 0.2) is 36.4 Å². The molecule has 4 rings (SSSR count). The van der Waals surface area contributed by atoms with Crippen LogP contribution in [0.3, 0.4) is 0 Å². The van der Waals surface area contributed by atoms with E-state index in [2.05, 4.69) is 20.6 Å². The van der Waals surface area contributed by atoms with Gasteiger partial charge in [0.1, 0.15) is 41.3 Å². The summed E-state index contributed by atoms with van der Waals surface area (Å²) in [6, 6.07) is 7.34. The molecule has 47 heavy (non-hydrogen) atoms. The lowest BCUT2D eigenvalue weighted by molar-refractivity contribution is -0.0233. The minimum atomic E-state index is -2.38. The Balaban J connectivity index is 1.32. The summed E-state index contributed by atoms with van der Waals surface area (Å²) < 4.78 is 101. The van der Waals surface area contributed by atoms with E-state index in [1.807, 2.05) is 5.32 Å². The first kappa shape index (κ1) is 34.8. The van der Waals surface area contributed by atoms with Crippen LogP contribution in [-0.4, -0.2) is 65.2 Å². The van der Waals surface area contributed by atoms with Crippen LogP contribution in [0, 0.1) is 42.0 Å². The number of nitrogens with one attached hydrogen (secondary N) is 3. The normalized spacial score (nSPS) is 20.7. The van der Waals surface area contributed by atoms with Crippen molar-refractivity contribution in [3.05, 3.63) is 93.6 Å². The molecule has 2 aromatic heterocycles. The van der Waals surface area contributed by atoms with Gasteiger partial charge < -0.3 is 21.7 Å². The van der Waals surface area contributed by atoms with Gasteiger partial charge in [0.25, 0.3) is 23.6 Å². The van der Waals surface area contributed by atoms with Gasteiger partial charge in [0, 0.05) is 42.6 Å². The third-order valence-corrected chi connectivity index (χ3v) is 7.63. The van der Waals surface area contributed by atoms with Crippen molar-refractivity contribution in [1.29, 1.82) is 0 Å². The molecule has 2 heterocycles. The molecule has 0 radical (unpaired) electrons. The van der Waals surface area contributed by atoms with E-state index in [1.54, 1.807) is 0 Å². The van der Waals surface area contributed by atoms with E-state index in [0.717, 1.165) is 19.1 Å². The molecule has 1 unspecified atom stereocenters. The third-order valence-electron chi connectivity index (χ3n) is 7.63. The number of hydrogen-bond acceptors (Lipinski definition) is 6. The molecule has 1 aliphatic rings. The predicted molar refractivity (Wildman–Crippen MR) is 150 cm³/mol. The first-order valence-corrected chi connectivity index (χ1v) is 14.0. The minimum absolute atomic E-state index is 0.191. The highest BCUT2D eigenvalue weighted by Crippen LogP contribution is 2.35. The van der Waals surface area contributed by atoms with Crippen LogP contribution < -0.4 is 21.7 Å². The summed E-state index contributed by atoms with van der Waals surface area (Å²) in [5.74, 6) is -13.3. The Morgan fingerprint density at radius 3 is 1.72 bits per heavy atom. The monoisotopic (exact) mass is 668 g/mol. The zero-order chi connectivity index (χ0) is 34.6. The number of amides is 4. The molecule has 0 saturated heterocycles. The number of benzene rings is 1. The second kappa shape index (κ2) is 14.6. The summed E-state index contributed by atoms with van der Waals surface area (Å²) >= 11 is 0. The Kier molecular flexibility index (Phi) is 10.8. The van der Waals surface area contributed by atoms with Crippen molar-refractivity contribution >= 4 is 23.6 Å². The van der Waals surface area contributed by atoms with Crippen LogP contribution >= 0.6 is 0 Å². The fraction of sp³-hybridized carbons (Fsp3) is 0.333. The lowest BCUT2D eigenvalue weighted by Crippen LogP contribution is -2.51. The summed E-state index contributed by atoms with van der Waals surface area (Å²) in [7, 11) is 0. The molecule has 250 valence electrons. The predicted octanol–water partition coefficient (Wildman–Crippen LogP) is 3.18. The number of nitrogens with two attached hydrogens (primary N) is 1. The molecule has 0 spiro atoms. The van der Waals surface area contributed by atoms with Crippen molar-refractivity contribution in [1.82, 2.24) is 25.9 Å². The zero-order valence-electron chi connectivity index (χ0n) is 24.4. The number of hydrogen-bond donors (Lipinski definition) is 4. The molecule has 4 amide bonds. The largest absolute Gasteiger partial charge is 0.364 e. The van der Waals surface area contributed by atoms with E-state index < -0.39 is 126 Å². The SMILES string of the molecule is Cc1c(F)c(F)c(CNC(=O)c2cccc(C(=O)NC[C@H]3[C@@H](F)[C@@H](F)C(CNC(=O)c4cccc(C(N)=O)n4)C[C@H]3F)n2)c(F)c1F. The number of carbonyl (C=O) groups excluding carboxylic acids is 4. The summed E-state index contributed by atoms with van der Waals surface area (Å²) in [6.07, 6.45) is -7.03. The van der Waals surface area contributed by atoms with Crippen LogP contribution in [0.25, 0.3) is 0 Å². The molecular weight excluding hydrogens is 641 g/mol. The van der Waals surface area contributed by atoms with E-state index >= 15 is 0 Å². The topological polar surface area (TPSA) is 156 Å². The van der Waals surface area contributed by atoms with Gasteiger partial charge in [-0.05, 0) is 37.6 Å². The van der Waals surface area contributed by atoms with Gasteiger partial charge in [-0.15, -0.1) is 0 Å². The highest BCUT2D eigenvalue weighted by atomic mass is 19.2. The Hall–Kier alpha value is -5.09. The fourth-order valence-corrected chi connectivity index (χ4v) is 4.93. The first-order valence-electron chi connectivity index (χ1n) is 14.0. The number of aromatic nitrogens is 2. The Morgan fingerprint density at radius 1 is 0.723 bits per heavy atom. The minimum Gasteiger partial charge on any atom is -0.364 e. The summed E-state index contributed by atoms with van der Waals surface area (Å²) in [5, 5.41) is 6.60. The van der Waals surface area contributed by atoms with Gasteiger partial charge in [-0.2, -0.15) is 0 Å². The second-order valence-corrected chi connectivity index (χ2v) is 10.7. The van der Waals surface area contributed by atoms with Crippen molar-refractivity contribution in [3.8, 4) is 0 Å². The smallest absolute Gasteiger partial charge is 0.270 e. The van der Waals surface area contributed by atoms with Gasteiger partial charge in [-0.1, -0.05) is 12.1 Å². The maximum atomic E-state index is 15.0. The molecule has 0 aliphatic heterocycles. The summed E-state index contributed by atoms with van der Waals surface area (Å²) in [4.78, 5) is 56.4. The van der Waals surface area contributed by atoms with Gasteiger partial charge in [0.05, 0.1) is 0 Å². The third kappa shape index (κ3) is 7.66. The molecular formula is C30H27F7N6O4. The lowest BCUT2D eigenvalue weighted by atomic mass is 9.77. The molecule has 10 nitrogen and oxygen atoms in total. The number of halogens is 7. The molecule has 1 fully saturated rings. The van der Waals surface area contributed by atoms with Gasteiger partial charge >= 0.3 is 0 Å². The van der Waals surface area contributed by atoms with Crippen LogP contribution in [0.4, 0.5) is 30.7 Å². The molecule has 1 aliphatic carbocycles. The van der Waals surface area contributed by atoms with Crippen molar-refractivity contribution in [3.63, 3.8) is 0 Å². The van der Waals surface area contributed by atoms with E-state index in [1.165, 1.54) is 24.3 Å². The van der Waals surface area contributed by atoms with Crippen molar-refractivity contribution in [2.75, 3.05) is 13.1 Å². The average molecular weight is 669 g/mol. The lowest BCUT2D eigenvalue weighted by Gasteiger charge is -2.37. The number of primary amides is 1. The number of pyridine rings is 2. The molecule has 1 saturated carbocycles. The van der Waals surface area contributed by atoms with E-state index in [4.69, 9.17) is 5.73 Å². The van der Waals surface area contributed by atoms with Gasteiger partial charge in [-0.25, -0.2) is 40.7 Å². The van der Waals surface area contributed by atoms with Crippen molar-refractivity contribution in [2.24, 2.45) is 17.6 Å². The molecule has 3 aromatic rings. The first-order chi connectivity index (χ1) is 22.2. The second-order valence-electron chi connectivity index (χ2n) is 10.7. The highest BCUT2D eigenvalue weighted by Gasteiger charge is 2.46. The fourth-order valence-electron chi connectivity index (χ4n) is 4.93. The van der Waals surface area contributed by atoms with Gasteiger partial charge in [-0.3, -0.25) is 19.2 Å². The van der Waals surface area contributed by atoms with Crippen molar-refractivity contribution < 1.29 is 49.9 Å². The van der Waals surface area contributed by atoms with Crippen LogP contribution in [-0.2, 0) is 6.54 Å². The molecule has 17 heteroatoms. The molecule has 1 aromatic carbocycles. The van der Waals surface area contributed by atoms with Crippen LogP contribution in [0.5, 0.6) is 0 Å². The number of rotatable bonds is 10. The van der Waals surface area contributed by atoms with E-state index in [-0.39, 0.29) is 11.4 Å². The number of nitrogens with zero attached hydrogens (tertiary/aromatic N) is 2. The van der Waals surface area contributed by atoms with Crippen molar-refractivity contribution in [2.45, 2.75) is 38.4 Å². The highest BCUT2D eigenvalue weighted by molar-refractivity contribution is 5.96. The average Bonchev–Trinajstić information content (AvgIpc) is 3.07. The summed E-state index contributed by atoms with van der Waals surface area (Å²) in [5.41, 5.74) is 1.92.